The minimum absolute atomic E-state index is 0.0701. The maximum Gasteiger partial charge on any atom is 0.335 e. The molecule has 5 rings (SSSR count). The van der Waals surface area contributed by atoms with Crippen LogP contribution in [0.4, 0.5) is 5.69 Å². The van der Waals surface area contributed by atoms with Gasteiger partial charge in [-0.3, -0.25) is 4.79 Å². The molecule has 1 heterocycles. The first-order valence-corrected chi connectivity index (χ1v) is 12.1. The van der Waals surface area contributed by atoms with Gasteiger partial charge in [0.25, 0.3) is 5.91 Å². The first-order chi connectivity index (χ1) is 18.9. The molecular formula is C31H24N2O6. The first-order valence-electron chi connectivity index (χ1n) is 12.1. The fraction of sp³-hybridized carbons (Fsp3) is 0.0645. The molecule has 0 unspecified atom stereocenters. The Bertz CT molecular complexity index is 1640. The van der Waals surface area contributed by atoms with E-state index in [0.29, 0.717) is 24.6 Å². The molecule has 3 N–H and O–H groups in total. The van der Waals surface area contributed by atoms with Crippen molar-refractivity contribution in [1.29, 1.82) is 0 Å². The maximum atomic E-state index is 13.5. The molecule has 1 aromatic heterocycles. The molecule has 0 radical (unpaired) electrons. The van der Waals surface area contributed by atoms with E-state index in [1.54, 1.807) is 6.07 Å². The van der Waals surface area contributed by atoms with Crippen molar-refractivity contribution in [3.8, 4) is 5.75 Å². The third-order valence-electron chi connectivity index (χ3n) is 6.22. The number of fused-ring (bicyclic) bond motifs is 1. The fourth-order valence-corrected chi connectivity index (χ4v) is 4.35. The summed E-state index contributed by atoms with van der Waals surface area (Å²) >= 11 is 0. The van der Waals surface area contributed by atoms with Crippen LogP contribution in [0.5, 0.6) is 5.75 Å². The van der Waals surface area contributed by atoms with E-state index < -0.39 is 17.8 Å². The van der Waals surface area contributed by atoms with Crippen LogP contribution in [-0.2, 0) is 13.2 Å². The molecule has 5 aromatic rings. The van der Waals surface area contributed by atoms with Crippen molar-refractivity contribution >= 4 is 34.4 Å². The highest BCUT2D eigenvalue weighted by atomic mass is 16.5. The summed E-state index contributed by atoms with van der Waals surface area (Å²) in [6.07, 6.45) is 0. The molecule has 0 bridgehead atoms. The number of ether oxygens (including phenoxy) is 1. The average Bonchev–Trinajstić information content (AvgIpc) is 3.30. The van der Waals surface area contributed by atoms with Crippen molar-refractivity contribution in [3.63, 3.8) is 0 Å². The van der Waals surface area contributed by atoms with Gasteiger partial charge in [-0.05, 0) is 53.6 Å². The summed E-state index contributed by atoms with van der Waals surface area (Å²) < 4.78 is 7.84. The Balaban J connectivity index is 1.50. The number of aromatic carboxylic acids is 2. The predicted octanol–water partition coefficient (Wildman–Crippen LogP) is 5.92. The Kier molecular flexibility index (Phi) is 7.09. The van der Waals surface area contributed by atoms with Crippen LogP contribution in [0, 0.1) is 0 Å². The molecule has 8 heteroatoms. The smallest absolute Gasteiger partial charge is 0.335 e. The fourth-order valence-electron chi connectivity index (χ4n) is 4.35. The molecule has 39 heavy (non-hydrogen) atoms. The average molecular weight is 521 g/mol. The van der Waals surface area contributed by atoms with Gasteiger partial charge in [0.2, 0.25) is 0 Å². The first kappa shape index (κ1) is 25.3. The Hall–Kier alpha value is -5.37. The number of nitrogens with one attached hydrogen (secondary N) is 1. The van der Waals surface area contributed by atoms with E-state index in [2.05, 4.69) is 5.32 Å². The van der Waals surface area contributed by atoms with Gasteiger partial charge in [-0.2, -0.15) is 0 Å². The number of benzene rings is 4. The highest BCUT2D eigenvalue weighted by Gasteiger charge is 2.19. The maximum absolute atomic E-state index is 13.5. The number of carbonyl (C=O) groups excluding carboxylic acids is 1. The van der Waals surface area contributed by atoms with Crippen molar-refractivity contribution in [2.75, 3.05) is 5.32 Å². The van der Waals surface area contributed by atoms with Gasteiger partial charge < -0.3 is 24.8 Å². The second kappa shape index (κ2) is 10.9. The topological polar surface area (TPSA) is 118 Å². The quantitative estimate of drug-likeness (QED) is 0.222. The number of hydrogen-bond acceptors (Lipinski definition) is 4. The second-order valence-corrected chi connectivity index (χ2v) is 8.96. The lowest BCUT2D eigenvalue weighted by Gasteiger charge is -2.13. The number of amides is 1. The van der Waals surface area contributed by atoms with Crippen LogP contribution in [0.15, 0.2) is 103 Å². The number of hydrogen-bond donors (Lipinski definition) is 3. The molecule has 0 fully saturated rings. The summed E-state index contributed by atoms with van der Waals surface area (Å²) in [5, 5.41) is 22.2. The Morgan fingerprint density at radius 3 is 1.95 bits per heavy atom. The van der Waals surface area contributed by atoms with Crippen molar-refractivity contribution in [1.82, 2.24) is 4.57 Å². The molecule has 194 valence electrons. The summed E-state index contributed by atoms with van der Waals surface area (Å²) in [7, 11) is 0. The van der Waals surface area contributed by atoms with Gasteiger partial charge in [-0.15, -0.1) is 0 Å². The lowest BCUT2D eigenvalue weighted by molar-refractivity contribution is 0.0696. The highest BCUT2D eigenvalue weighted by molar-refractivity contribution is 6.07. The lowest BCUT2D eigenvalue weighted by Crippen LogP contribution is -2.18. The van der Waals surface area contributed by atoms with Crippen LogP contribution >= 0.6 is 0 Å². The zero-order valence-electron chi connectivity index (χ0n) is 20.7. The zero-order chi connectivity index (χ0) is 27.4. The monoisotopic (exact) mass is 520 g/mol. The van der Waals surface area contributed by atoms with E-state index >= 15 is 0 Å². The second-order valence-electron chi connectivity index (χ2n) is 8.96. The number of carbonyl (C=O) groups is 3. The standard InChI is InChI=1S/C31H24N2O6/c34-29(32-25-14-23(30(35)36)13-24(15-25)31(37)38)28-17-22-16-26(39-19-21-9-5-2-6-10-21)11-12-27(22)33(28)18-20-7-3-1-4-8-20/h1-17H,18-19H2,(H,32,34)(H,35,36)(H,37,38). The van der Waals surface area contributed by atoms with Gasteiger partial charge in [-0.1, -0.05) is 60.7 Å². The molecule has 0 aliphatic carbocycles. The van der Waals surface area contributed by atoms with E-state index in [-0.39, 0.29) is 16.8 Å². The van der Waals surface area contributed by atoms with E-state index in [4.69, 9.17) is 4.74 Å². The number of aromatic nitrogens is 1. The van der Waals surface area contributed by atoms with Crippen molar-refractivity contribution in [3.05, 3.63) is 131 Å². The lowest BCUT2D eigenvalue weighted by atomic mass is 10.1. The van der Waals surface area contributed by atoms with Gasteiger partial charge in [0, 0.05) is 23.1 Å². The van der Waals surface area contributed by atoms with Crippen LogP contribution in [0.3, 0.4) is 0 Å². The predicted molar refractivity (Wildman–Crippen MR) is 147 cm³/mol. The summed E-state index contributed by atoms with van der Waals surface area (Å²) in [6.45, 7) is 0.809. The van der Waals surface area contributed by atoms with Gasteiger partial charge in [0.1, 0.15) is 18.1 Å². The molecule has 0 aliphatic heterocycles. The third kappa shape index (κ3) is 5.80. The van der Waals surface area contributed by atoms with Crippen LogP contribution in [0.25, 0.3) is 10.9 Å². The molecule has 0 aliphatic rings. The van der Waals surface area contributed by atoms with Gasteiger partial charge in [0.15, 0.2) is 0 Å². The van der Waals surface area contributed by atoms with Gasteiger partial charge in [-0.25, -0.2) is 9.59 Å². The Morgan fingerprint density at radius 1 is 0.718 bits per heavy atom. The molecule has 8 nitrogen and oxygen atoms in total. The normalized spacial score (nSPS) is 10.8. The Morgan fingerprint density at radius 2 is 1.33 bits per heavy atom. The summed E-state index contributed by atoms with van der Waals surface area (Å²) in [5.41, 5.74) is 2.73. The Labute approximate surface area is 223 Å². The minimum atomic E-state index is -1.30. The van der Waals surface area contributed by atoms with Crippen LogP contribution in [0.1, 0.15) is 42.3 Å². The molecular weight excluding hydrogens is 496 g/mol. The van der Waals surface area contributed by atoms with E-state index in [0.717, 1.165) is 28.1 Å². The van der Waals surface area contributed by atoms with Gasteiger partial charge >= 0.3 is 11.9 Å². The van der Waals surface area contributed by atoms with Crippen LogP contribution < -0.4 is 10.1 Å². The third-order valence-corrected chi connectivity index (χ3v) is 6.22. The van der Waals surface area contributed by atoms with Crippen molar-refractivity contribution in [2.24, 2.45) is 0 Å². The SMILES string of the molecule is O=C(O)c1cc(NC(=O)c2cc3cc(OCc4ccccc4)ccc3n2Cc2ccccc2)cc(C(=O)O)c1. The number of nitrogens with zero attached hydrogens (tertiary/aromatic N) is 1. The summed E-state index contributed by atoms with van der Waals surface area (Å²) in [4.78, 5) is 36.5. The van der Waals surface area contributed by atoms with E-state index in [1.165, 1.54) is 12.1 Å². The number of anilines is 1. The summed E-state index contributed by atoms with van der Waals surface area (Å²) in [6, 6.07) is 30.3. The molecule has 0 saturated carbocycles. The molecule has 4 aromatic carbocycles. The summed E-state index contributed by atoms with van der Waals surface area (Å²) in [5.74, 6) is -2.45. The van der Waals surface area contributed by atoms with E-state index in [9.17, 15) is 24.6 Å². The van der Waals surface area contributed by atoms with E-state index in [1.807, 2.05) is 83.4 Å². The highest BCUT2D eigenvalue weighted by Crippen LogP contribution is 2.27. The largest absolute Gasteiger partial charge is 0.489 e. The van der Waals surface area contributed by atoms with Crippen molar-refractivity contribution < 1.29 is 29.3 Å². The minimum Gasteiger partial charge on any atom is -0.489 e. The molecule has 0 saturated heterocycles. The zero-order valence-corrected chi connectivity index (χ0v) is 20.7. The number of carboxylic acid groups (broad SMARTS) is 2. The molecule has 0 spiro atoms. The van der Waals surface area contributed by atoms with Gasteiger partial charge in [0.05, 0.1) is 11.1 Å². The number of rotatable bonds is 9. The molecule has 0 atom stereocenters. The molecule has 1 amide bonds. The number of carboxylic acids is 2. The van der Waals surface area contributed by atoms with Crippen molar-refractivity contribution in [2.45, 2.75) is 13.2 Å². The van der Waals surface area contributed by atoms with Crippen LogP contribution in [0.2, 0.25) is 0 Å². The van der Waals surface area contributed by atoms with Crippen LogP contribution in [-0.4, -0.2) is 32.6 Å².